The summed E-state index contributed by atoms with van der Waals surface area (Å²) in [5.74, 6) is -0.270. The molecule has 0 radical (unpaired) electrons. The molecule has 0 saturated carbocycles. The first-order chi connectivity index (χ1) is 14.0. The van der Waals surface area contributed by atoms with Crippen molar-refractivity contribution in [3.8, 4) is 0 Å². The molecule has 0 spiro atoms. The van der Waals surface area contributed by atoms with Crippen LogP contribution < -0.4 is 5.32 Å². The maximum Gasteiger partial charge on any atom is 0.242 e. The van der Waals surface area contributed by atoms with E-state index in [1.807, 2.05) is 37.3 Å². The van der Waals surface area contributed by atoms with Crippen LogP contribution in [0, 0.1) is 5.82 Å². The van der Waals surface area contributed by atoms with Gasteiger partial charge in [0.05, 0.1) is 5.75 Å². The molecule has 0 aliphatic heterocycles. The molecule has 7 heteroatoms. The summed E-state index contributed by atoms with van der Waals surface area (Å²) in [5.41, 5.74) is 1.49. The van der Waals surface area contributed by atoms with Crippen molar-refractivity contribution in [2.75, 3.05) is 19.3 Å². The predicted octanol–water partition coefficient (Wildman–Crippen LogP) is 4.31. The Hall–Kier alpha value is -2.05. The molecule has 0 fully saturated rings. The van der Waals surface area contributed by atoms with Crippen molar-refractivity contribution < 1.29 is 14.0 Å². The van der Waals surface area contributed by atoms with E-state index in [0.717, 1.165) is 5.56 Å². The highest BCUT2D eigenvalue weighted by Gasteiger charge is 2.27. The molecule has 0 aromatic heterocycles. The van der Waals surface area contributed by atoms with Crippen molar-refractivity contribution in [3.63, 3.8) is 0 Å². The molecule has 4 nitrogen and oxygen atoms in total. The van der Waals surface area contributed by atoms with Crippen molar-refractivity contribution >= 4 is 35.2 Å². The van der Waals surface area contributed by atoms with Crippen LogP contribution in [-0.4, -0.2) is 42.1 Å². The Labute approximate surface area is 180 Å². The van der Waals surface area contributed by atoms with Gasteiger partial charge >= 0.3 is 0 Å². The number of hydrogen-bond donors (Lipinski definition) is 1. The van der Waals surface area contributed by atoms with Gasteiger partial charge in [-0.25, -0.2) is 4.39 Å². The predicted molar refractivity (Wildman–Crippen MR) is 118 cm³/mol. The van der Waals surface area contributed by atoms with Gasteiger partial charge in [-0.1, -0.05) is 54.9 Å². The number of carbonyl (C=O) groups excluding carboxylic acids is 2. The van der Waals surface area contributed by atoms with Crippen molar-refractivity contribution in [1.29, 1.82) is 0 Å². The molecule has 2 rings (SSSR count). The quantitative estimate of drug-likeness (QED) is 0.603. The molecule has 2 aromatic carbocycles. The summed E-state index contributed by atoms with van der Waals surface area (Å²) in [4.78, 5) is 26.9. The average molecular weight is 437 g/mol. The third kappa shape index (κ3) is 6.75. The fourth-order valence-corrected chi connectivity index (χ4v) is 4.31. The highest BCUT2D eigenvalue weighted by atomic mass is 35.5. The van der Waals surface area contributed by atoms with E-state index in [-0.39, 0.29) is 23.4 Å². The Morgan fingerprint density at radius 1 is 1.17 bits per heavy atom. The maximum absolute atomic E-state index is 13.9. The highest BCUT2D eigenvalue weighted by molar-refractivity contribution is 7.99. The first kappa shape index (κ1) is 23.2. The second kappa shape index (κ2) is 11.8. The molecule has 0 aliphatic rings. The third-order valence-corrected chi connectivity index (χ3v) is 5.95. The van der Waals surface area contributed by atoms with Gasteiger partial charge in [-0.2, -0.15) is 0 Å². The fraction of sp³-hybridized carbons (Fsp3) is 0.364. The van der Waals surface area contributed by atoms with Gasteiger partial charge in [0.2, 0.25) is 11.8 Å². The van der Waals surface area contributed by atoms with E-state index in [1.165, 1.54) is 17.8 Å². The molecule has 0 aliphatic carbocycles. The van der Waals surface area contributed by atoms with Crippen LogP contribution in [0.1, 0.15) is 24.5 Å². The minimum atomic E-state index is -0.533. The second-order valence-electron chi connectivity index (χ2n) is 6.55. The van der Waals surface area contributed by atoms with Gasteiger partial charge in [0, 0.05) is 29.9 Å². The molecule has 0 bridgehead atoms. The number of likely N-dealkylation sites (N-methyl/N-ethyl adjacent to an activating group) is 1. The SMILES string of the molecule is CC[C@@H](C(=O)NC)N(CCc1ccccc1)C(=O)CSCc1c(F)cccc1Cl. The van der Waals surface area contributed by atoms with Crippen LogP contribution in [0.4, 0.5) is 4.39 Å². The molecule has 0 unspecified atom stereocenters. The Morgan fingerprint density at radius 2 is 1.90 bits per heavy atom. The Kier molecular flexibility index (Phi) is 9.48. The van der Waals surface area contributed by atoms with E-state index in [0.29, 0.717) is 35.7 Å². The van der Waals surface area contributed by atoms with E-state index in [9.17, 15) is 14.0 Å². The number of nitrogens with one attached hydrogen (secondary N) is 1. The van der Waals surface area contributed by atoms with Crippen molar-refractivity contribution in [2.24, 2.45) is 0 Å². The van der Waals surface area contributed by atoms with Gasteiger partial charge in [-0.05, 0) is 30.5 Å². The number of hydrogen-bond acceptors (Lipinski definition) is 3. The lowest BCUT2D eigenvalue weighted by atomic mass is 10.1. The summed E-state index contributed by atoms with van der Waals surface area (Å²) in [6.07, 6.45) is 1.17. The molecule has 0 saturated heterocycles. The van der Waals surface area contributed by atoms with Gasteiger partial charge in [0.15, 0.2) is 0 Å². The highest BCUT2D eigenvalue weighted by Crippen LogP contribution is 2.24. The Bertz CT molecular complexity index is 799. The molecular weight excluding hydrogens is 411 g/mol. The minimum Gasteiger partial charge on any atom is -0.357 e. The Morgan fingerprint density at radius 3 is 2.52 bits per heavy atom. The van der Waals surface area contributed by atoms with Gasteiger partial charge in [-0.15, -0.1) is 11.8 Å². The average Bonchev–Trinajstić information content (AvgIpc) is 2.73. The van der Waals surface area contributed by atoms with Gasteiger partial charge < -0.3 is 10.2 Å². The third-order valence-electron chi connectivity index (χ3n) is 4.65. The van der Waals surface area contributed by atoms with E-state index >= 15 is 0 Å². The van der Waals surface area contributed by atoms with Crippen molar-refractivity contribution in [1.82, 2.24) is 10.2 Å². The number of carbonyl (C=O) groups is 2. The van der Waals surface area contributed by atoms with E-state index in [2.05, 4.69) is 5.32 Å². The molecule has 1 N–H and O–H groups in total. The monoisotopic (exact) mass is 436 g/mol. The van der Waals surface area contributed by atoms with Crippen LogP contribution in [-0.2, 0) is 21.8 Å². The fourth-order valence-electron chi connectivity index (χ4n) is 3.06. The summed E-state index contributed by atoms with van der Waals surface area (Å²) in [7, 11) is 1.57. The molecule has 1 atom stereocenters. The van der Waals surface area contributed by atoms with Crippen LogP contribution in [0.2, 0.25) is 5.02 Å². The van der Waals surface area contributed by atoms with Crippen molar-refractivity contribution in [3.05, 3.63) is 70.5 Å². The molecule has 156 valence electrons. The lowest BCUT2D eigenvalue weighted by molar-refractivity contribution is -0.138. The molecule has 0 heterocycles. The number of thioether (sulfide) groups is 1. The zero-order valence-corrected chi connectivity index (χ0v) is 18.2. The van der Waals surface area contributed by atoms with Crippen LogP contribution >= 0.6 is 23.4 Å². The number of amides is 2. The van der Waals surface area contributed by atoms with Crippen LogP contribution in [0.3, 0.4) is 0 Å². The lowest BCUT2D eigenvalue weighted by Gasteiger charge is -2.30. The maximum atomic E-state index is 13.9. The summed E-state index contributed by atoms with van der Waals surface area (Å²) in [6, 6.07) is 13.8. The molecular formula is C22H26ClFN2O2S. The van der Waals surface area contributed by atoms with Crippen LogP contribution in [0.15, 0.2) is 48.5 Å². The summed E-state index contributed by atoms with van der Waals surface area (Å²) in [6.45, 7) is 2.32. The van der Waals surface area contributed by atoms with E-state index < -0.39 is 6.04 Å². The topological polar surface area (TPSA) is 49.4 Å². The largest absolute Gasteiger partial charge is 0.357 e. The molecule has 2 aromatic rings. The minimum absolute atomic E-state index is 0.145. The zero-order valence-electron chi connectivity index (χ0n) is 16.7. The molecule has 29 heavy (non-hydrogen) atoms. The number of benzene rings is 2. The summed E-state index contributed by atoms with van der Waals surface area (Å²) < 4.78 is 13.9. The van der Waals surface area contributed by atoms with Gasteiger partial charge in [0.25, 0.3) is 0 Å². The molecule has 2 amide bonds. The number of nitrogens with zero attached hydrogens (tertiary/aromatic N) is 1. The van der Waals surface area contributed by atoms with E-state index in [4.69, 9.17) is 11.6 Å². The second-order valence-corrected chi connectivity index (χ2v) is 7.95. The number of rotatable bonds is 10. The first-order valence-electron chi connectivity index (χ1n) is 9.53. The van der Waals surface area contributed by atoms with Crippen molar-refractivity contribution in [2.45, 2.75) is 31.6 Å². The van der Waals surface area contributed by atoms with E-state index in [1.54, 1.807) is 24.1 Å². The van der Waals surface area contributed by atoms with Gasteiger partial charge in [0.1, 0.15) is 11.9 Å². The summed E-state index contributed by atoms with van der Waals surface area (Å²) in [5, 5.41) is 2.99. The summed E-state index contributed by atoms with van der Waals surface area (Å²) >= 11 is 7.35. The number of halogens is 2. The van der Waals surface area contributed by atoms with Crippen LogP contribution in [0.25, 0.3) is 0 Å². The van der Waals surface area contributed by atoms with Crippen LogP contribution in [0.5, 0.6) is 0 Å². The Balaban J connectivity index is 2.05. The standard InChI is InChI=1S/C22H26ClFN2O2S/c1-3-20(22(28)25-2)26(13-12-16-8-5-4-6-9-16)21(27)15-29-14-17-18(23)10-7-11-19(17)24/h4-11,20H,3,12-15H2,1-2H3,(H,25,28)/t20-/m0/s1. The van der Waals surface area contributed by atoms with Gasteiger partial charge in [-0.3, -0.25) is 9.59 Å². The normalized spacial score (nSPS) is 11.7. The smallest absolute Gasteiger partial charge is 0.242 e. The zero-order chi connectivity index (χ0) is 21.2. The first-order valence-corrected chi connectivity index (χ1v) is 11.1. The lowest BCUT2D eigenvalue weighted by Crippen LogP contribution is -2.50.